The van der Waals surface area contributed by atoms with Crippen molar-refractivity contribution in [3.8, 4) is 16.9 Å². The number of rotatable bonds is 3. The molecule has 2 aromatic rings. The first-order valence-corrected chi connectivity index (χ1v) is 11.0. The number of aromatic hydroxyl groups is 1. The maximum Gasteiger partial charge on any atom is 0.269 e. The number of fused-ring (bicyclic) bond motifs is 3. The Balaban J connectivity index is 1.68. The number of carbonyl (C=O) groups is 3. The van der Waals surface area contributed by atoms with Gasteiger partial charge in [-0.05, 0) is 53.6 Å². The second-order valence-electron chi connectivity index (χ2n) is 9.20. The van der Waals surface area contributed by atoms with Gasteiger partial charge in [0.05, 0.1) is 10.5 Å². The van der Waals surface area contributed by atoms with Crippen LogP contribution in [0.25, 0.3) is 16.9 Å². The van der Waals surface area contributed by atoms with E-state index in [4.69, 9.17) is 5.73 Å². The van der Waals surface area contributed by atoms with Crippen LogP contribution in [0.5, 0.6) is 5.75 Å². The smallest absolute Gasteiger partial charge is 0.269 e. The summed E-state index contributed by atoms with van der Waals surface area (Å²) in [5.41, 5.74) is 2.94. The van der Waals surface area contributed by atoms with E-state index in [-0.39, 0.29) is 35.4 Å². The van der Waals surface area contributed by atoms with E-state index in [2.05, 4.69) is 0 Å². The van der Waals surface area contributed by atoms with Crippen LogP contribution < -0.4 is 5.73 Å². The minimum Gasteiger partial charge on any atom is -0.508 e. The van der Waals surface area contributed by atoms with Gasteiger partial charge in [-0.25, -0.2) is 0 Å². The van der Waals surface area contributed by atoms with Crippen molar-refractivity contribution in [1.82, 2.24) is 0 Å². The molecule has 3 atom stereocenters. The minimum atomic E-state index is -2.62. The maximum absolute atomic E-state index is 13.5. The van der Waals surface area contributed by atoms with Crippen molar-refractivity contribution >= 4 is 28.9 Å². The molecule has 5 rings (SSSR count). The molecule has 3 aliphatic rings. The highest BCUT2D eigenvalue weighted by molar-refractivity contribution is 6.22. The van der Waals surface area contributed by atoms with Crippen molar-refractivity contribution in [2.45, 2.75) is 24.9 Å². The molecule has 3 aliphatic carbocycles. The summed E-state index contributed by atoms with van der Waals surface area (Å²) >= 11 is 0. The average molecular weight is 492 g/mol. The summed E-state index contributed by atoms with van der Waals surface area (Å²) in [6.07, 6.45) is -0.259. The minimum absolute atomic E-state index is 0.0122. The number of phenols is 1. The number of aliphatic hydroxyl groups excluding tert-OH is 2. The molecule has 1 fully saturated rings. The molecule has 184 valence electrons. The van der Waals surface area contributed by atoms with Crippen molar-refractivity contribution < 1.29 is 39.7 Å². The Bertz CT molecular complexity index is 1450. The highest BCUT2D eigenvalue weighted by Gasteiger charge is 2.60. The fourth-order valence-electron chi connectivity index (χ4n) is 5.65. The molecule has 11 heteroatoms. The zero-order chi connectivity index (χ0) is 26.1. The summed E-state index contributed by atoms with van der Waals surface area (Å²) in [6, 6.07) is 8.59. The number of nitro benzene ring substituents is 1. The molecule has 0 saturated heterocycles. The lowest BCUT2D eigenvalue weighted by Gasteiger charge is -2.46. The Morgan fingerprint density at radius 1 is 1.06 bits per heavy atom. The van der Waals surface area contributed by atoms with Gasteiger partial charge < -0.3 is 26.2 Å². The molecule has 1 saturated carbocycles. The molecule has 0 bridgehead atoms. The number of aliphatic hydroxyl groups is 3. The average Bonchev–Trinajstić information content (AvgIpc) is 2.81. The van der Waals surface area contributed by atoms with Crippen molar-refractivity contribution in [2.24, 2.45) is 17.6 Å². The number of nitrogens with two attached hydrogens (primary N) is 1. The first-order chi connectivity index (χ1) is 17.0. The van der Waals surface area contributed by atoms with Gasteiger partial charge in [-0.3, -0.25) is 24.5 Å². The molecule has 11 nitrogen and oxygen atoms in total. The van der Waals surface area contributed by atoms with Gasteiger partial charge in [0.2, 0.25) is 5.78 Å². The fourth-order valence-corrected chi connectivity index (χ4v) is 5.65. The van der Waals surface area contributed by atoms with E-state index < -0.39 is 63.3 Å². The molecule has 2 aromatic carbocycles. The number of non-ortho nitro benzene ring substituents is 1. The molecule has 0 radical (unpaired) electrons. The van der Waals surface area contributed by atoms with Crippen LogP contribution in [0.1, 0.15) is 24.0 Å². The van der Waals surface area contributed by atoms with Gasteiger partial charge in [0, 0.05) is 30.0 Å². The standard InChI is InChI=1S/C25H20N2O9/c26-24(33)20-17(29)9-12-7-11-8-15-14(10-1-3-13(4-2-10)27(35)36)5-6-16(28)19(15)21(30)18(11)22(31)25(12,34)23(20)32/h1-6,11-12,28,30,32,34H,7-9H2,(H2,26,33)/t11-,12+,25+/m1/s1. The first-order valence-electron chi connectivity index (χ1n) is 11.0. The third kappa shape index (κ3) is 3.06. The zero-order valence-electron chi connectivity index (χ0n) is 18.6. The van der Waals surface area contributed by atoms with Crippen LogP contribution in [0.15, 0.2) is 53.3 Å². The Kier molecular flexibility index (Phi) is 5.00. The highest BCUT2D eigenvalue weighted by atomic mass is 16.6. The molecule has 0 aromatic heterocycles. The van der Waals surface area contributed by atoms with Gasteiger partial charge in [-0.2, -0.15) is 0 Å². The first kappa shape index (κ1) is 23.2. The van der Waals surface area contributed by atoms with Gasteiger partial charge >= 0.3 is 0 Å². The second-order valence-corrected chi connectivity index (χ2v) is 9.20. The van der Waals surface area contributed by atoms with E-state index >= 15 is 0 Å². The van der Waals surface area contributed by atoms with Crippen molar-refractivity contribution in [2.75, 3.05) is 0 Å². The number of Topliss-reactive ketones (excluding diaryl/α,β-unsaturated/α-hetero) is 2. The Morgan fingerprint density at radius 2 is 1.72 bits per heavy atom. The zero-order valence-corrected chi connectivity index (χ0v) is 18.6. The van der Waals surface area contributed by atoms with Crippen molar-refractivity contribution in [1.29, 1.82) is 0 Å². The van der Waals surface area contributed by atoms with Crippen molar-refractivity contribution in [3.63, 3.8) is 0 Å². The summed E-state index contributed by atoms with van der Waals surface area (Å²) in [5, 5.41) is 54.6. The van der Waals surface area contributed by atoms with E-state index in [9.17, 15) is 44.9 Å². The Hall–Kier alpha value is -4.51. The molecule has 0 spiro atoms. The molecule has 1 amide bonds. The van der Waals surface area contributed by atoms with Gasteiger partial charge in [0.25, 0.3) is 11.6 Å². The van der Waals surface area contributed by atoms with E-state index in [1.54, 1.807) is 6.07 Å². The number of amides is 1. The molecule has 0 heterocycles. The molecule has 36 heavy (non-hydrogen) atoms. The number of nitrogens with zero attached hydrogens (tertiary/aromatic N) is 1. The van der Waals surface area contributed by atoms with Crippen molar-refractivity contribution in [3.05, 3.63) is 74.5 Å². The molecule has 6 N–H and O–H groups in total. The quantitative estimate of drug-likeness (QED) is 0.241. The summed E-state index contributed by atoms with van der Waals surface area (Å²) < 4.78 is 0. The summed E-state index contributed by atoms with van der Waals surface area (Å²) in [7, 11) is 0. The normalized spacial score (nSPS) is 25.2. The third-order valence-electron chi connectivity index (χ3n) is 7.34. The third-order valence-corrected chi connectivity index (χ3v) is 7.34. The van der Waals surface area contributed by atoms with E-state index in [0.29, 0.717) is 16.7 Å². The van der Waals surface area contributed by atoms with Crippen LogP contribution >= 0.6 is 0 Å². The van der Waals surface area contributed by atoms with Crippen LogP contribution in [0.4, 0.5) is 5.69 Å². The predicted molar refractivity (Wildman–Crippen MR) is 123 cm³/mol. The predicted octanol–water partition coefficient (Wildman–Crippen LogP) is 2.00. The fraction of sp³-hybridized carbons (Fsp3) is 0.240. The molecule has 0 unspecified atom stereocenters. The van der Waals surface area contributed by atoms with E-state index in [0.717, 1.165) is 0 Å². The van der Waals surface area contributed by atoms with Crippen LogP contribution in [-0.2, 0) is 20.8 Å². The van der Waals surface area contributed by atoms with Crippen LogP contribution in [0.3, 0.4) is 0 Å². The Morgan fingerprint density at radius 3 is 2.33 bits per heavy atom. The largest absolute Gasteiger partial charge is 0.508 e. The monoisotopic (exact) mass is 492 g/mol. The number of hydrogen-bond acceptors (Lipinski definition) is 9. The Labute approximate surface area is 202 Å². The summed E-state index contributed by atoms with van der Waals surface area (Å²) in [5.74, 6) is -6.95. The van der Waals surface area contributed by atoms with Gasteiger partial charge in [0.15, 0.2) is 11.4 Å². The van der Waals surface area contributed by atoms with Crippen LogP contribution in [-0.4, -0.2) is 48.4 Å². The number of ketones is 2. The molecule has 0 aliphatic heterocycles. The molecular formula is C25H20N2O9. The number of phenolic OH excluding ortho intramolecular Hbond substituents is 1. The van der Waals surface area contributed by atoms with Crippen LogP contribution in [0, 0.1) is 22.0 Å². The summed E-state index contributed by atoms with van der Waals surface area (Å²) in [4.78, 5) is 48.2. The van der Waals surface area contributed by atoms with E-state index in [1.165, 1.54) is 30.3 Å². The second kappa shape index (κ2) is 7.75. The number of hydrogen-bond donors (Lipinski definition) is 5. The number of nitro groups is 1. The lowest BCUT2D eigenvalue weighted by Crippen LogP contribution is -2.58. The summed E-state index contributed by atoms with van der Waals surface area (Å²) in [6.45, 7) is 0. The lowest BCUT2D eigenvalue weighted by molar-refractivity contribution is -0.384. The highest BCUT2D eigenvalue weighted by Crippen LogP contribution is 2.53. The maximum atomic E-state index is 13.5. The SMILES string of the molecule is NC(=O)C1=C(O)[C@@]2(O)C(=O)C3=C(O)c4c(O)ccc(-c5ccc([N+](=O)[O-])cc5)c4C[C@H]3C[C@H]2CC1=O. The molecular weight excluding hydrogens is 472 g/mol. The van der Waals surface area contributed by atoms with E-state index in [1.807, 2.05) is 0 Å². The van der Waals surface area contributed by atoms with Gasteiger partial charge in [-0.15, -0.1) is 0 Å². The van der Waals surface area contributed by atoms with Crippen LogP contribution in [0.2, 0.25) is 0 Å². The number of benzene rings is 2. The lowest BCUT2D eigenvalue weighted by atomic mass is 9.59. The topological polar surface area (TPSA) is 201 Å². The number of primary amides is 1. The van der Waals surface area contributed by atoms with Gasteiger partial charge in [-0.1, -0.05) is 6.07 Å². The number of carbonyl (C=O) groups excluding carboxylic acids is 3. The van der Waals surface area contributed by atoms with Gasteiger partial charge in [0.1, 0.15) is 22.8 Å².